The summed E-state index contributed by atoms with van der Waals surface area (Å²) in [5.41, 5.74) is 2.80. The molecule has 0 N–H and O–H groups in total. The first-order chi connectivity index (χ1) is 8.92. The lowest BCUT2D eigenvalue weighted by Crippen LogP contribution is -2.24. The maximum absolute atomic E-state index is 5.48. The van der Waals surface area contributed by atoms with Gasteiger partial charge in [-0.05, 0) is 42.9 Å². The van der Waals surface area contributed by atoms with E-state index in [1.807, 2.05) is 6.07 Å². The number of ether oxygens (including phenoxy) is 2. The van der Waals surface area contributed by atoms with E-state index < -0.39 is 0 Å². The first-order valence-corrected chi connectivity index (χ1v) is 6.85. The second-order valence-electron chi connectivity index (χ2n) is 5.39. The zero-order valence-corrected chi connectivity index (χ0v) is 10.4. The van der Waals surface area contributed by atoms with E-state index in [-0.39, 0.29) is 0 Å². The average Bonchev–Trinajstić information content (AvgIpc) is 3.05. The Kier molecular flexibility index (Phi) is 2.32. The van der Waals surface area contributed by atoms with Crippen LogP contribution in [0.1, 0.15) is 37.2 Å². The minimum Gasteiger partial charge on any atom is -0.454 e. The quantitative estimate of drug-likeness (QED) is 0.758. The molecular weight excluding hydrogens is 226 g/mol. The highest BCUT2D eigenvalue weighted by Crippen LogP contribution is 2.41. The molecule has 1 aromatic rings. The van der Waals surface area contributed by atoms with Crippen LogP contribution in [0.15, 0.2) is 23.2 Å². The zero-order chi connectivity index (χ0) is 11.9. The highest BCUT2D eigenvalue weighted by molar-refractivity contribution is 5.94. The SMILES string of the molecule is c1cc2c(cc1[C@@H]1CCC[C@@H]3CCN=C31)OCO2. The number of fused-ring (bicyclic) bond motifs is 2. The Morgan fingerprint density at radius 2 is 2.00 bits per heavy atom. The summed E-state index contributed by atoms with van der Waals surface area (Å²) in [6.45, 7) is 1.38. The van der Waals surface area contributed by atoms with Crippen molar-refractivity contribution in [3.8, 4) is 11.5 Å². The fourth-order valence-electron chi connectivity index (χ4n) is 3.50. The van der Waals surface area contributed by atoms with Gasteiger partial charge in [-0.1, -0.05) is 12.5 Å². The van der Waals surface area contributed by atoms with Crippen molar-refractivity contribution in [2.24, 2.45) is 10.9 Å². The molecule has 1 saturated carbocycles. The summed E-state index contributed by atoms with van der Waals surface area (Å²) in [7, 11) is 0. The summed E-state index contributed by atoms with van der Waals surface area (Å²) in [6.07, 6.45) is 5.15. The molecule has 0 radical (unpaired) electrons. The Balaban J connectivity index is 1.70. The summed E-state index contributed by atoms with van der Waals surface area (Å²) in [5.74, 6) is 3.03. The second-order valence-corrected chi connectivity index (χ2v) is 5.39. The Bertz CT molecular complexity index is 509. The Morgan fingerprint density at radius 3 is 3.00 bits per heavy atom. The van der Waals surface area contributed by atoms with E-state index >= 15 is 0 Å². The molecule has 0 saturated heterocycles. The highest BCUT2D eigenvalue weighted by Gasteiger charge is 2.33. The van der Waals surface area contributed by atoms with E-state index in [1.54, 1.807) is 0 Å². The normalized spacial score (nSPS) is 29.0. The fourth-order valence-corrected chi connectivity index (χ4v) is 3.50. The van der Waals surface area contributed by atoms with Crippen LogP contribution in [-0.2, 0) is 0 Å². The lowest BCUT2D eigenvalue weighted by Gasteiger charge is -2.28. The molecule has 1 fully saturated rings. The maximum atomic E-state index is 5.48. The molecule has 0 aromatic heterocycles. The smallest absolute Gasteiger partial charge is 0.231 e. The van der Waals surface area contributed by atoms with E-state index in [4.69, 9.17) is 14.5 Å². The molecular formula is C15H17NO2. The van der Waals surface area contributed by atoms with Crippen LogP contribution in [0.5, 0.6) is 11.5 Å². The molecule has 18 heavy (non-hydrogen) atoms. The molecule has 0 bridgehead atoms. The van der Waals surface area contributed by atoms with Crippen molar-refractivity contribution < 1.29 is 9.47 Å². The summed E-state index contributed by atoms with van der Waals surface area (Å²) in [6, 6.07) is 6.37. The van der Waals surface area contributed by atoms with E-state index in [2.05, 4.69) is 12.1 Å². The van der Waals surface area contributed by atoms with Crippen LogP contribution in [0.3, 0.4) is 0 Å². The first kappa shape index (κ1) is 10.4. The van der Waals surface area contributed by atoms with Crippen LogP contribution >= 0.6 is 0 Å². The second kappa shape index (κ2) is 4.01. The lowest BCUT2D eigenvalue weighted by atomic mass is 9.76. The van der Waals surface area contributed by atoms with Gasteiger partial charge in [0, 0.05) is 18.2 Å². The molecule has 0 unspecified atom stereocenters. The van der Waals surface area contributed by atoms with Gasteiger partial charge in [0.1, 0.15) is 0 Å². The van der Waals surface area contributed by atoms with Crippen LogP contribution in [0.25, 0.3) is 0 Å². The summed E-state index contributed by atoms with van der Waals surface area (Å²) < 4.78 is 10.9. The van der Waals surface area contributed by atoms with Crippen LogP contribution in [0.4, 0.5) is 0 Å². The van der Waals surface area contributed by atoms with Gasteiger partial charge in [0.2, 0.25) is 6.79 Å². The molecule has 1 aromatic carbocycles. The third-order valence-electron chi connectivity index (χ3n) is 4.39. The minimum atomic E-state index is 0.354. The fraction of sp³-hybridized carbons (Fsp3) is 0.533. The van der Waals surface area contributed by atoms with Gasteiger partial charge in [0.25, 0.3) is 0 Å². The Hall–Kier alpha value is -1.51. The largest absolute Gasteiger partial charge is 0.454 e. The van der Waals surface area contributed by atoms with Crippen molar-refractivity contribution in [2.45, 2.75) is 31.6 Å². The number of benzene rings is 1. The molecule has 0 spiro atoms. The molecule has 3 heteroatoms. The standard InChI is InChI=1S/C15H17NO2/c1-2-10-6-7-16-15(10)12(3-1)11-4-5-13-14(8-11)18-9-17-13/h4-5,8,10,12H,1-3,6-7,9H2/t10-,12+/m1/s1. The highest BCUT2D eigenvalue weighted by atomic mass is 16.7. The molecule has 2 heterocycles. The van der Waals surface area contributed by atoms with Crippen molar-refractivity contribution in [3.63, 3.8) is 0 Å². The van der Waals surface area contributed by atoms with Crippen LogP contribution in [-0.4, -0.2) is 19.0 Å². The predicted octanol–water partition coefficient (Wildman–Crippen LogP) is 3.14. The number of hydrogen-bond donors (Lipinski definition) is 0. The van der Waals surface area contributed by atoms with Crippen LogP contribution in [0, 0.1) is 5.92 Å². The minimum absolute atomic E-state index is 0.354. The van der Waals surface area contributed by atoms with Crippen LogP contribution < -0.4 is 9.47 Å². The lowest BCUT2D eigenvalue weighted by molar-refractivity contribution is 0.174. The van der Waals surface area contributed by atoms with Crippen molar-refractivity contribution in [1.29, 1.82) is 0 Å². The average molecular weight is 243 g/mol. The third-order valence-corrected chi connectivity index (χ3v) is 4.39. The summed E-state index contributed by atoms with van der Waals surface area (Å²) in [5, 5.41) is 0. The van der Waals surface area contributed by atoms with Gasteiger partial charge in [-0.25, -0.2) is 0 Å². The molecule has 2 atom stereocenters. The van der Waals surface area contributed by atoms with Crippen molar-refractivity contribution >= 4 is 5.71 Å². The maximum Gasteiger partial charge on any atom is 0.231 e. The zero-order valence-electron chi connectivity index (χ0n) is 10.4. The van der Waals surface area contributed by atoms with E-state index in [0.29, 0.717) is 12.7 Å². The molecule has 4 rings (SSSR count). The number of rotatable bonds is 1. The Labute approximate surface area is 107 Å². The van der Waals surface area contributed by atoms with E-state index in [1.165, 1.54) is 37.0 Å². The molecule has 0 amide bonds. The molecule has 3 aliphatic rings. The first-order valence-electron chi connectivity index (χ1n) is 6.85. The Morgan fingerprint density at radius 1 is 1.06 bits per heavy atom. The van der Waals surface area contributed by atoms with Gasteiger partial charge in [-0.2, -0.15) is 0 Å². The molecule has 2 aliphatic heterocycles. The monoisotopic (exact) mass is 243 g/mol. The summed E-state index contributed by atoms with van der Waals surface area (Å²) in [4.78, 5) is 4.75. The molecule has 1 aliphatic carbocycles. The van der Waals surface area contributed by atoms with Gasteiger partial charge >= 0.3 is 0 Å². The van der Waals surface area contributed by atoms with E-state index in [9.17, 15) is 0 Å². The van der Waals surface area contributed by atoms with Gasteiger partial charge in [0.15, 0.2) is 11.5 Å². The third kappa shape index (κ3) is 1.53. The van der Waals surface area contributed by atoms with Gasteiger partial charge < -0.3 is 9.47 Å². The van der Waals surface area contributed by atoms with Gasteiger partial charge in [-0.3, -0.25) is 4.99 Å². The van der Waals surface area contributed by atoms with Gasteiger partial charge in [0.05, 0.1) is 0 Å². The predicted molar refractivity (Wildman–Crippen MR) is 69.6 cm³/mol. The summed E-state index contributed by atoms with van der Waals surface area (Å²) >= 11 is 0. The van der Waals surface area contributed by atoms with Crippen molar-refractivity contribution in [2.75, 3.05) is 13.3 Å². The van der Waals surface area contributed by atoms with Crippen molar-refractivity contribution in [1.82, 2.24) is 0 Å². The van der Waals surface area contributed by atoms with Crippen molar-refractivity contribution in [3.05, 3.63) is 23.8 Å². The van der Waals surface area contributed by atoms with Crippen LogP contribution in [0.2, 0.25) is 0 Å². The molecule has 94 valence electrons. The van der Waals surface area contributed by atoms with Gasteiger partial charge in [-0.15, -0.1) is 0 Å². The number of nitrogens with zero attached hydrogens (tertiary/aromatic N) is 1. The number of aliphatic imine (C=N–C) groups is 1. The van der Waals surface area contributed by atoms with E-state index in [0.717, 1.165) is 24.0 Å². The topological polar surface area (TPSA) is 30.8 Å². The number of hydrogen-bond acceptors (Lipinski definition) is 3. The molecule has 3 nitrogen and oxygen atoms in total.